The number of furan rings is 1. The minimum absolute atomic E-state index is 0.0356. The SMILES string of the molecule is CC(C)(C)c1ccc(N2B3c4cc(C(C)(C)C)cc5c4N(c4c3c(cc3c4oc4ccccc43)-c3c2ccc2sc4cc6c(cc4c32)C(C)(C)CCC6(C)C)C2(C)CCCCC52C)c(-c2ccccc2)c1. The van der Waals surface area contributed by atoms with E-state index in [0.29, 0.717) is 0 Å². The van der Waals surface area contributed by atoms with Crippen LogP contribution in [0.1, 0.15) is 149 Å². The highest BCUT2D eigenvalue weighted by Gasteiger charge is 2.63. The quantitative estimate of drug-likeness (QED) is 0.161. The van der Waals surface area contributed by atoms with E-state index in [1.54, 1.807) is 0 Å². The molecule has 2 unspecified atom stereocenters. The summed E-state index contributed by atoms with van der Waals surface area (Å²) in [5, 5.41) is 5.19. The third-order valence-corrected chi connectivity index (χ3v) is 20.3. The standard InChI is InChI=1S/C66H67BN2OS/c1-61(2,3)39-24-25-50(42(32-39)38-20-14-13-15-21-38)69-51-26-27-53-56(44-36-46-47(37-54(44)71-53)64(9,10)31-30-63(46,7)8)55(51)45-35-43-41-22-16-17-23-52(41)70-60(43)59-57(45)67(69)49-34-40(62(4,5)6)33-48-58(49)68(59)66(12)29-19-18-28-65(48,66)11/h13-17,20-27,32-37H,18-19,28-31H2,1-12H3. The zero-order chi connectivity index (χ0) is 49.1. The van der Waals surface area contributed by atoms with Crippen molar-refractivity contribution in [2.24, 2.45) is 0 Å². The number of rotatable bonds is 2. The molecule has 7 aromatic carbocycles. The fourth-order valence-corrected chi connectivity index (χ4v) is 15.8. The van der Waals surface area contributed by atoms with Crippen LogP contribution in [-0.2, 0) is 27.1 Å². The number of nitrogens with zero attached hydrogens (tertiary/aromatic N) is 2. The monoisotopic (exact) mass is 947 g/mol. The minimum atomic E-state index is -0.169. The van der Waals surface area contributed by atoms with Crippen molar-refractivity contribution in [3.05, 3.63) is 143 Å². The number of anilines is 4. The van der Waals surface area contributed by atoms with Gasteiger partial charge in [-0.1, -0.05) is 156 Å². The van der Waals surface area contributed by atoms with Crippen molar-refractivity contribution < 1.29 is 4.42 Å². The highest BCUT2D eigenvalue weighted by atomic mass is 32.1. The molecule has 3 nitrogen and oxygen atoms in total. The number of para-hydroxylation sites is 1. The van der Waals surface area contributed by atoms with Crippen LogP contribution >= 0.6 is 11.3 Å². The molecule has 0 spiro atoms. The van der Waals surface area contributed by atoms with Crippen molar-refractivity contribution in [1.29, 1.82) is 0 Å². The van der Waals surface area contributed by atoms with Gasteiger partial charge in [-0.05, 0) is 153 Å². The molecule has 9 aromatic rings. The average Bonchev–Trinajstić information content (AvgIpc) is 3.97. The molecule has 5 aliphatic rings. The molecule has 71 heavy (non-hydrogen) atoms. The van der Waals surface area contributed by atoms with Gasteiger partial charge in [0.1, 0.15) is 5.58 Å². The van der Waals surface area contributed by atoms with Gasteiger partial charge in [-0.25, -0.2) is 0 Å². The third kappa shape index (κ3) is 5.74. The summed E-state index contributed by atoms with van der Waals surface area (Å²) in [7, 11) is 0. The molecule has 2 aliphatic carbocycles. The second-order valence-electron chi connectivity index (χ2n) is 26.2. The van der Waals surface area contributed by atoms with Gasteiger partial charge in [-0.2, -0.15) is 0 Å². The zero-order valence-electron chi connectivity index (χ0n) is 44.0. The highest BCUT2D eigenvalue weighted by Crippen LogP contribution is 2.64. The molecule has 0 bridgehead atoms. The summed E-state index contributed by atoms with van der Waals surface area (Å²) in [4.78, 5) is 5.71. The van der Waals surface area contributed by atoms with E-state index in [1.807, 2.05) is 11.3 Å². The van der Waals surface area contributed by atoms with Crippen LogP contribution in [0.15, 0.2) is 120 Å². The molecule has 14 rings (SSSR count). The largest absolute Gasteiger partial charge is 0.454 e. The summed E-state index contributed by atoms with van der Waals surface area (Å²) in [6.07, 6.45) is 7.13. The van der Waals surface area contributed by atoms with E-state index in [1.165, 1.54) is 147 Å². The van der Waals surface area contributed by atoms with Crippen molar-refractivity contribution in [3.63, 3.8) is 0 Å². The number of benzene rings is 7. The summed E-state index contributed by atoms with van der Waals surface area (Å²) < 4.78 is 10.1. The summed E-state index contributed by atoms with van der Waals surface area (Å²) in [6.45, 7) is 29.3. The van der Waals surface area contributed by atoms with Crippen molar-refractivity contribution in [2.45, 2.75) is 154 Å². The first-order chi connectivity index (χ1) is 33.7. The molecule has 356 valence electrons. The number of hydrogen-bond donors (Lipinski definition) is 0. The summed E-state index contributed by atoms with van der Waals surface area (Å²) >= 11 is 1.99. The van der Waals surface area contributed by atoms with Crippen LogP contribution in [0, 0.1) is 0 Å². The van der Waals surface area contributed by atoms with Gasteiger partial charge >= 0.3 is 6.85 Å². The normalized spacial score (nSPS) is 21.7. The number of fused-ring (bicyclic) bond motifs is 16. The van der Waals surface area contributed by atoms with Gasteiger partial charge in [-0.15, -0.1) is 11.3 Å². The van der Waals surface area contributed by atoms with Crippen LogP contribution in [0.4, 0.5) is 22.7 Å². The third-order valence-electron chi connectivity index (χ3n) is 19.2. The number of hydrogen-bond acceptors (Lipinski definition) is 4. The molecule has 2 atom stereocenters. The van der Waals surface area contributed by atoms with Gasteiger partial charge in [0.05, 0.1) is 11.2 Å². The van der Waals surface area contributed by atoms with E-state index >= 15 is 0 Å². The Morgan fingerprint density at radius 3 is 2.00 bits per heavy atom. The fraction of sp³-hybridized carbons (Fsp3) is 0.364. The Morgan fingerprint density at radius 1 is 0.563 bits per heavy atom. The van der Waals surface area contributed by atoms with Crippen LogP contribution in [-0.4, -0.2) is 12.4 Å². The predicted molar refractivity (Wildman–Crippen MR) is 307 cm³/mol. The Morgan fingerprint density at radius 2 is 1.25 bits per heavy atom. The fourth-order valence-electron chi connectivity index (χ4n) is 14.7. The summed E-state index contributed by atoms with van der Waals surface area (Å²) in [6, 6.07) is 45.6. The summed E-state index contributed by atoms with van der Waals surface area (Å²) in [5.41, 5.74) is 22.4. The van der Waals surface area contributed by atoms with Gasteiger partial charge in [0.2, 0.25) is 0 Å². The maximum Gasteiger partial charge on any atom is 0.333 e. The van der Waals surface area contributed by atoms with E-state index in [9.17, 15) is 0 Å². The zero-order valence-corrected chi connectivity index (χ0v) is 44.8. The molecule has 0 radical (unpaired) electrons. The Labute approximate surface area is 425 Å². The molecule has 5 heteroatoms. The number of thiophene rings is 1. The van der Waals surface area contributed by atoms with E-state index in [-0.39, 0.29) is 39.5 Å². The lowest BCUT2D eigenvalue weighted by molar-refractivity contribution is 0.195. The Bertz CT molecular complexity index is 3800. The van der Waals surface area contributed by atoms with E-state index in [0.717, 1.165) is 17.6 Å². The van der Waals surface area contributed by atoms with Gasteiger partial charge in [-0.3, -0.25) is 0 Å². The maximum atomic E-state index is 7.39. The molecular weight excluding hydrogens is 880 g/mol. The van der Waals surface area contributed by atoms with Crippen LogP contribution in [0.5, 0.6) is 0 Å². The second kappa shape index (κ2) is 14.0. The Kier molecular flexibility index (Phi) is 8.69. The molecule has 0 N–H and O–H groups in total. The smallest absolute Gasteiger partial charge is 0.333 e. The van der Waals surface area contributed by atoms with Crippen molar-refractivity contribution in [3.8, 4) is 22.3 Å². The van der Waals surface area contributed by atoms with Gasteiger partial charge in [0.15, 0.2) is 5.58 Å². The van der Waals surface area contributed by atoms with Gasteiger partial charge in [0, 0.05) is 64.5 Å². The molecular formula is C66H67BN2OS. The first kappa shape index (κ1) is 44.0. The Hall–Kier alpha value is -5.78. The predicted octanol–water partition coefficient (Wildman–Crippen LogP) is 17.5. The van der Waals surface area contributed by atoms with Crippen LogP contribution in [0.2, 0.25) is 0 Å². The molecule has 0 saturated heterocycles. The topological polar surface area (TPSA) is 19.6 Å². The van der Waals surface area contributed by atoms with Crippen LogP contribution < -0.4 is 20.6 Å². The van der Waals surface area contributed by atoms with E-state index in [4.69, 9.17) is 4.42 Å². The van der Waals surface area contributed by atoms with Gasteiger partial charge < -0.3 is 14.1 Å². The minimum Gasteiger partial charge on any atom is -0.454 e. The van der Waals surface area contributed by atoms with E-state index in [2.05, 4.69) is 208 Å². The average molecular weight is 947 g/mol. The van der Waals surface area contributed by atoms with E-state index < -0.39 is 0 Å². The molecule has 2 aromatic heterocycles. The van der Waals surface area contributed by atoms with Crippen molar-refractivity contribution >= 4 is 94.0 Å². The second-order valence-corrected chi connectivity index (χ2v) is 27.3. The van der Waals surface area contributed by atoms with Gasteiger partial charge in [0.25, 0.3) is 0 Å². The Balaban J connectivity index is 1.21. The first-order valence-corrected chi connectivity index (χ1v) is 27.5. The first-order valence-electron chi connectivity index (χ1n) is 26.7. The van der Waals surface area contributed by atoms with Crippen molar-refractivity contribution in [2.75, 3.05) is 9.71 Å². The van der Waals surface area contributed by atoms with Crippen LogP contribution in [0.3, 0.4) is 0 Å². The lowest BCUT2D eigenvalue weighted by atomic mass is 9.42. The van der Waals surface area contributed by atoms with Crippen LogP contribution in [0.25, 0.3) is 64.4 Å². The van der Waals surface area contributed by atoms with Crippen molar-refractivity contribution in [1.82, 2.24) is 0 Å². The molecule has 3 aliphatic heterocycles. The lowest BCUT2D eigenvalue weighted by Gasteiger charge is -2.53. The summed E-state index contributed by atoms with van der Waals surface area (Å²) in [5.74, 6) is 0. The molecule has 0 amide bonds. The molecule has 1 fully saturated rings. The molecule has 5 heterocycles. The maximum absolute atomic E-state index is 7.39. The molecule has 1 saturated carbocycles. The lowest BCUT2D eigenvalue weighted by Crippen LogP contribution is -2.64. The highest BCUT2D eigenvalue weighted by molar-refractivity contribution is 7.26.